The van der Waals surface area contributed by atoms with Gasteiger partial charge in [0.25, 0.3) is 0 Å². The first-order valence-corrected chi connectivity index (χ1v) is 6.50. The van der Waals surface area contributed by atoms with E-state index >= 15 is 0 Å². The average molecular weight is 263 g/mol. The Labute approximate surface area is 113 Å². The van der Waals surface area contributed by atoms with Gasteiger partial charge < -0.3 is 15.4 Å². The summed E-state index contributed by atoms with van der Waals surface area (Å²) in [6.45, 7) is 5.49. The fourth-order valence-corrected chi connectivity index (χ4v) is 1.87. The van der Waals surface area contributed by atoms with Crippen LogP contribution in [-0.2, 0) is 11.3 Å². The molecular weight excluding hydrogens is 242 g/mol. The number of methoxy groups -OCH3 is 1. The van der Waals surface area contributed by atoms with Crippen LogP contribution in [0.4, 0.5) is 0 Å². The lowest BCUT2D eigenvalue weighted by atomic mass is 10.2. The third kappa shape index (κ3) is 3.99. The van der Waals surface area contributed by atoms with Crippen LogP contribution in [0.1, 0.15) is 12.5 Å². The first-order chi connectivity index (χ1) is 9.31. The molecule has 0 saturated carbocycles. The molecule has 0 fully saturated rings. The van der Waals surface area contributed by atoms with Crippen molar-refractivity contribution in [2.24, 2.45) is 0 Å². The van der Waals surface area contributed by atoms with Crippen molar-refractivity contribution in [1.29, 1.82) is 0 Å². The van der Waals surface area contributed by atoms with Crippen LogP contribution < -0.4 is 10.6 Å². The van der Waals surface area contributed by atoms with E-state index in [1.807, 2.05) is 23.1 Å². The molecule has 0 aliphatic carbocycles. The molecule has 0 saturated heterocycles. The number of aromatic nitrogens is 3. The molecule has 0 bridgehead atoms. The van der Waals surface area contributed by atoms with Crippen molar-refractivity contribution in [3.05, 3.63) is 30.4 Å². The number of rotatable bonds is 8. The second-order valence-electron chi connectivity index (χ2n) is 4.55. The van der Waals surface area contributed by atoms with Crippen LogP contribution >= 0.6 is 0 Å². The smallest absolute Gasteiger partial charge is 0.0889 e. The van der Waals surface area contributed by atoms with Gasteiger partial charge in [-0.2, -0.15) is 5.10 Å². The van der Waals surface area contributed by atoms with E-state index in [4.69, 9.17) is 4.74 Å². The second kappa shape index (κ2) is 7.18. The summed E-state index contributed by atoms with van der Waals surface area (Å²) in [5, 5.41) is 11.1. The van der Waals surface area contributed by atoms with Crippen molar-refractivity contribution in [3.8, 4) is 0 Å². The Morgan fingerprint density at radius 1 is 1.42 bits per heavy atom. The summed E-state index contributed by atoms with van der Waals surface area (Å²) < 4.78 is 6.83. The zero-order valence-electron chi connectivity index (χ0n) is 11.5. The van der Waals surface area contributed by atoms with Crippen LogP contribution in [0.15, 0.2) is 24.8 Å². The van der Waals surface area contributed by atoms with Crippen molar-refractivity contribution in [3.63, 3.8) is 0 Å². The topological polar surface area (TPSA) is 63.5 Å². The van der Waals surface area contributed by atoms with Gasteiger partial charge in [0.2, 0.25) is 0 Å². The van der Waals surface area contributed by atoms with Gasteiger partial charge in [-0.15, -0.1) is 0 Å². The summed E-state index contributed by atoms with van der Waals surface area (Å²) in [4.78, 5) is 4.13. The van der Waals surface area contributed by atoms with Gasteiger partial charge in [-0.1, -0.05) is 0 Å². The summed E-state index contributed by atoms with van der Waals surface area (Å²) >= 11 is 0. The van der Waals surface area contributed by atoms with E-state index in [1.165, 1.54) is 0 Å². The van der Waals surface area contributed by atoms with Gasteiger partial charge in [-0.25, -0.2) is 4.52 Å². The maximum atomic E-state index is 4.99. The van der Waals surface area contributed by atoms with E-state index in [9.17, 15) is 0 Å². The van der Waals surface area contributed by atoms with E-state index in [0.29, 0.717) is 6.04 Å². The van der Waals surface area contributed by atoms with Crippen LogP contribution in [0.5, 0.6) is 0 Å². The monoisotopic (exact) mass is 263 g/mol. The first-order valence-electron chi connectivity index (χ1n) is 6.50. The van der Waals surface area contributed by atoms with Gasteiger partial charge in [-0.05, 0) is 6.92 Å². The molecule has 2 N–H and O–H groups in total. The van der Waals surface area contributed by atoms with E-state index in [1.54, 1.807) is 13.3 Å². The quantitative estimate of drug-likeness (QED) is 0.677. The second-order valence-corrected chi connectivity index (χ2v) is 4.55. The molecule has 0 spiro atoms. The molecule has 0 radical (unpaired) electrons. The molecule has 19 heavy (non-hydrogen) atoms. The highest BCUT2D eigenvalue weighted by atomic mass is 16.5. The highest BCUT2D eigenvalue weighted by molar-refractivity contribution is 5.51. The number of nitrogens with zero attached hydrogens (tertiary/aromatic N) is 3. The minimum Gasteiger partial charge on any atom is -0.383 e. The minimum atomic E-state index is 0.392. The van der Waals surface area contributed by atoms with Gasteiger partial charge in [-0.3, -0.25) is 4.98 Å². The molecule has 0 aromatic carbocycles. The Bertz CT molecular complexity index is 498. The number of fused-ring (bicyclic) bond motifs is 1. The summed E-state index contributed by atoms with van der Waals surface area (Å²) in [7, 11) is 1.71. The van der Waals surface area contributed by atoms with Crippen LogP contribution in [-0.4, -0.2) is 47.4 Å². The molecule has 1 atom stereocenters. The molecule has 104 valence electrons. The SMILES string of the molecule is COCCNCC(C)NCc1cnn2ccncc12. The molecule has 2 aromatic rings. The van der Waals surface area contributed by atoms with Crippen LogP contribution in [0.3, 0.4) is 0 Å². The Hall–Kier alpha value is -1.50. The highest BCUT2D eigenvalue weighted by Crippen LogP contribution is 2.08. The molecule has 0 aliphatic rings. The molecule has 6 nitrogen and oxygen atoms in total. The molecule has 1 unspecified atom stereocenters. The van der Waals surface area contributed by atoms with Crippen molar-refractivity contribution in [2.75, 3.05) is 26.8 Å². The van der Waals surface area contributed by atoms with E-state index < -0.39 is 0 Å². The van der Waals surface area contributed by atoms with Crippen LogP contribution in [0, 0.1) is 0 Å². The largest absolute Gasteiger partial charge is 0.383 e. The Morgan fingerprint density at radius 2 is 2.32 bits per heavy atom. The number of hydrogen-bond donors (Lipinski definition) is 2. The molecular formula is C13H21N5O. The maximum Gasteiger partial charge on any atom is 0.0889 e. The molecule has 2 rings (SSSR count). The van der Waals surface area contributed by atoms with E-state index in [2.05, 4.69) is 27.6 Å². The van der Waals surface area contributed by atoms with Gasteiger partial charge >= 0.3 is 0 Å². The number of ether oxygens (including phenoxy) is 1. The third-order valence-electron chi connectivity index (χ3n) is 2.98. The minimum absolute atomic E-state index is 0.392. The lowest BCUT2D eigenvalue weighted by Gasteiger charge is -2.14. The Balaban J connectivity index is 1.78. The standard InChI is InChI=1S/C13H21N5O/c1-11(7-15-4-6-19-2)16-8-12-9-17-18-5-3-14-10-13(12)18/h3,5,9-11,15-16H,4,6-8H2,1-2H3. The zero-order chi connectivity index (χ0) is 13.5. The molecule has 6 heteroatoms. The maximum absolute atomic E-state index is 4.99. The van der Waals surface area contributed by atoms with Gasteiger partial charge in [0.05, 0.1) is 24.5 Å². The van der Waals surface area contributed by atoms with Gasteiger partial charge in [0.15, 0.2) is 0 Å². The zero-order valence-corrected chi connectivity index (χ0v) is 11.5. The van der Waals surface area contributed by atoms with Gasteiger partial charge in [0.1, 0.15) is 0 Å². The first kappa shape index (κ1) is 13.9. The molecule has 2 heterocycles. The number of hydrogen-bond acceptors (Lipinski definition) is 5. The fraction of sp³-hybridized carbons (Fsp3) is 0.538. The van der Waals surface area contributed by atoms with E-state index in [-0.39, 0.29) is 0 Å². The Morgan fingerprint density at radius 3 is 3.16 bits per heavy atom. The lowest BCUT2D eigenvalue weighted by molar-refractivity contribution is 0.198. The third-order valence-corrected chi connectivity index (χ3v) is 2.98. The summed E-state index contributed by atoms with van der Waals surface area (Å²) in [6.07, 6.45) is 7.31. The highest BCUT2D eigenvalue weighted by Gasteiger charge is 2.05. The molecule has 0 amide bonds. The van der Waals surface area contributed by atoms with Crippen LogP contribution in [0.2, 0.25) is 0 Å². The molecule has 2 aromatic heterocycles. The fourth-order valence-electron chi connectivity index (χ4n) is 1.87. The van der Waals surface area contributed by atoms with E-state index in [0.717, 1.165) is 37.3 Å². The van der Waals surface area contributed by atoms with Crippen molar-refractivity contribution in [1.82, 2.24) is 25.2 Å². The van der Waals surface area contributed by atoms with Gasteiger partial charge in [0, 0.05) is 50.7 Å². The normalized spacial score (nSPS) is 12.9. The molecule has 0 aliphatic heterocycles. The average Bonchev–Trinajstić information content (AvgIpc) is 2.85. The predicted molar refractivity (Wildman–Crippen MR) is 74.0 cm³/mol. The van der Waals surface area contributed by atoms with Crippen LogP contribution in [0.25, 0.3) is 5.52 Å². The van der Waals surface area contributed by atoms with Crippen molar-refractivity contribution >= 4 is 5.52 Å². The van der Waals surface area contributed by atoms with Crippen molar-refractivity contribution < 1.29 is 4.74 Å². The summed E-state index contributed by atoms with van der Waals surface area (Å²) in [6, 6.07) is 0.392. The summed E-state index contributed by atoms with van der Waals surface area (Å²) in [5.74, 6) is 0. The number of nitrogens with one attached hydrogen (secondary N) is 2. The summed E-state index contributed by atoms with van der Waals surface area (Å²) in [5.41, 5.74) is 2.21. The predicted octanol–water partition coefficient (Wildman–Crippen LogP) is 0.443. The van der Waals surface area contributed by atoms with Crippen molar-refractivity contribution in [2.45, 2.75) is 19.5 Å². The lowest BCUT2D eigenvalue weighted by Crippen LogP contribution is -2.37. The Kier molecular flexibility index (Phi) is 5.26.